The first kappa shape index (κ1) is 14.8. The molecule has 0 aliphatic heterocycles. The maximum atomic E-state index is 11.9. The second kappa shape index (κ2) is 6.21. The summed E-state index contributed by atoms with van der Waals surface area (Å²) >= 11 is 12.9. The van der Waals surface area contributed by atoms with Crippen molar-refractivity contribution in [1.82, 2.24) is 10.3 Å². The molecule has 2 N–H and O–H groups in total. The SMILES string of the molecule is O=C(O)c1csc(CNC(=O)c2cc(Cl)ccc2Cl)n1. The lowest BCUT2D eigenvalue weighted by Gasteiger charge is -2.05. The Bertz CT molecular complexity index is 672. The van der Waals surface area contributed by atoms with Gasteiger partial charge in [-0.05, 0) is 18.2 Å². The van der Waals surface area contributed by atoms with Crippen molar-refractivity contribution in [3.05, 3.63) is 49.9 Å². The third kappa shape index (κ3) is 3.47. The molecule has 0 unspecified atom stereocenters. The molecule has 0 aliphatic rings. The predicted octanol–water partition coefficient (Wildman–Crippen LogP) is 3.08. The summed E-state index contributed by atoms with van der Waals surface area (Å²) in [7, 11) is 0. The Hall–Kier alpha value is -1.63. The quantitative estimate of drug-likeness (QED) is 0.902. The topological polar surface area (TPSA) is 79.3 Å². The normalized spacial score (nSPS) is 10.3. The van der Waals surface area contributed by atoms with E-state index in [0.717, 1.165) is 11.3 Å². The van der Waals surface area contributed by atoms with Crippen molar-refractivity contribution in [3.8, 4) is 0 Å². The van der Waals surface area contributed by atoms with Crippen LogP contribution in [0.25, 0.3) is 0 Å². The largest absolute Gasteiger partial charge is 0.476 e. The van der Waals surface area contributed by atoms with Gasteiger partial charge in [-0.25, -0.2) is 9.78 Å². The molecule has 0 atom stereocenters. The number of rotatable bonds is 4. The highest BCUT2D eigenvalue weighted by Crippen LogP contribution is 2.20. The van der Waals surface area contributed by atoms with Gasteiger partial charge in [0, 0.05) is 10.4 Å². The van der Waals surface area contributed by atoms with Gasteiger partial charge in [-0.2, -0.15) is 0 Å². The Morgan fingerprint density at radius 1 is 1.35 bits per heavy atom. The monoisotopic (exact) mass is 330 g/mol. The van der Waals surface area contributed by atoms with Crippen molar-refractivity contribution in [1.29, 1.82) is 0 Å². The smallest absolute Gasteiger partial charge is 0.355 e. The number of benzene rings is 1. The third-order valence-electron chi connectivity index (χ3n) is 2.34. The fourth-order valence-corrected chi connectivity index (χ4v) is 2.50. The van der Waals surface area contributed by atoms with Gasteiger partial charge in [-0.1, -0.05) is 23.2 Å². The maximum Gasteiger partial charge on any atom is 0.355 e. The highest BCUT2D eigenvalue weighted by molar-refractivity contribution is 7.09. The van der Waals surface area contributed by atoms with Gasteiger partial charge in [0.25, 0.3) is 5.91 Å². The molecule has 2 rings (SSSR count). The van der Waals surface area contributed by atoms with Gasteiger partial charge in [0.15, 0.2) is 5.69 Å². The Morgan fingerprint density at radius 2 is 2.10 bits per heavy atom. The number of carboxylic acid groups (broad SMARTS) is 1. The van der Waals surface area contributed by atoms with Crippen LogP contribution in [0.5, 0.6) is 0 Å². The van der Waals surface area contributed by atoms with Crippen molar-refractivity contribution in [2.75, 3.05) is 0 Å². The van der Waals surface area contributed by atoms with E-state index in [9.17, 15) is 9.59 Å². The van der Waals surface area contributed by atoms with E-state index in [1.165, 1.54) is 17.5 Å². The van der Waals surface area contributed by atoms with Crippen molar-refractivity contribution in [2.45, 2.75) is 6.54 Å². The van der Waals surface area contributed by atoms with Gasteiger partial charge in [-0.15, -0.1) is 11.3 Å². The number of hydrogen-bond acceptors (Lipinski definition) is 4. The molecule has 0 bridgehead atoms. The Labute approximate surface area is 128 Å². The average molecular weight is 331 g/mol. The summed E-state index contributed by atoms with van der Waals surface area (Å²) in [6, 6.07) is 4.58. The third-order valence-corrected chi connectivity index (χ3v) is 3.76. The van der Waals surface area contributed by atoms with Crippen LogP contribution in [0.4, 0.5) is 0 Å². The first-order valence-electron chi connectivity index (χ1n) is 5.38. The summed E-state index contributed by atoms with van der Waals surface area (Å²) in [5.41, 5.74) is 0.217. The van der Waals surface area contributed by atoms with Crippen LogP contribution in [0.3, 0.4) is 0 Å². The van der Waals surface area contributed by atoms with Crippen LogP contribution in [0, 0.1) is 0 Å². The Kier molecular flexibility index (Phi) is 4.59. The molecule has 0 aliphatic carbocycles. The number of nitrogens with one attached hydrogen (secondary N) is 1. The molecule has 2 aromatic rings. The summed E-state index contributed by atoms with van der Waals surface area (Å²) in [5.74, 6) is -1.50. The summed E-state index contributed by atoms with van der Waals surface area (Å²) in [6.45, 7) is 0.125. The van der Waals surface area contributed by atoms with Crippen molar-refractivity contribution >= 4 is 46.4 Å². The number of carbonyl (C=O) groups is 2. The lowest BCUT2D eigenvalue weighted by atomic mass is 10.2. The van der Waals surface area contributed by atoms with Crippen LogP contribution in [0.15, 0.2) is 23.6 Å². The van der Waals surface area contributed by atoms with Crippen LogP contribution in [0.1, 0.15) is 25.9 Å². The molecule has 5 nitrogen and oxygen atoms in total. The first-order chi connectivity index (χ1) is 9.47. The Balaban J connectivity index is 2.04. The molecule has 0 radical (unpaired) electrons. The van der Waals surface area contributed by atoms with E-state index < -0.39 is 11.9 Å². The molecule has 0 saturated carbocycles. The predicted molar refractivity (Wildman–Crippen MR) is 76.7 cm³/mol. The number of aromatic carboxylic acids is 1. The van der Waals surface area contributed by atoms with Crippen molar-refractivity contribution in [2.24, 2.45) is 0 Å². The number of aromatic nitrogens is 1. The summed E-state index contributed by atoms with van der Waals surface area (Å²) in [6.07, 6.45) is 0. The molecular weight excluding hydrogens is 323 g/mol. The second-order valence-electron chi connectivity index (χ2n) is 3.74. The van der Waals surface area contributed by atoms with Gasteiger partial charge in [0.05, 0.1) is 17.1 Å². The van der Waals surface area contributed by atoms with Gasteiger partial charge < -0.3 is 10.4 Å². The lowest BCUT2D eigenvalue weighted by Crippen LogP contribution is -2.23. The standard InChI is InChI=1S/C12H8Cl2N2O3S/c13-6-1-2-8(14)7(3-6)11(17)15-4-10-16-9(5-20-10)12(18)19/h1-3,5H,4H2,(H,15,17)(H,18,19). The molecule has 8 heteroatoms. The summed E-state index contributed by atoms with van der Waals surface area (Å²) in [4.78, 5) is 26.5. The van der Waals surface area contributed by atoms with Gasteiger partial charge in [-0.3, -0.25) is 4.79 Å². The molecular formula is C12H8Cl2N2O3S. The molecule has 1 heterocycles. The van der Waals surface area contributed by atoms with Crippen LogP contribution in [0.2, 0.25) is 10.0 Å². The zero-order valence-corrected chi connectivity index (χ0v) is 12.2. The van der Waals surface area contributed by atoms with E-state index in [2.05, 4.69) is 10.3 Å². The molecule has 104 valence electrons. The lowest BCUT2D eigenvalue weighted by molar-refractivity contribution is 0.0691. The van der Waals surface area contributed by atoms with E-state index in [4.69, 9.17) is 28.3 Å². The highest BCUT2D eigenvalue weighted by Gasteiger charge is 2.13. The van der Waals surface area contributed by atoms with Crippen molar-refractivity contribution in [3.63, 3.8) is 0 Å². The molecule has 0 saturated heterocycles. The van der Waals surface area contributed by atoms with Gasteiger partial charge in [0.2, 0.25) is 0 Å². The molecule has 20 heavy (non-hydrogen) atoms. The van der Waals surface area contributed by atoms with Crippen molar-refractivity contribution < 1.29 is 14.7 Å². The molecule has 0 fully saturated rings. The molecule has 1 aromatic carbocycles. The number of halogens is 2. The molecule has 1 amide bonds. The van der Waals surface area contributed by atoms with E-state index in [1.54, 1.807) is 6.07 Å². The molecule has 0 spiro atoms. The second-order valence-corrected chi connectivity index (χ2v) is 5.52. The minimum atomic E-state index is -1.10. The number of carboxylic acids is 1. The number of thiazole rings is 1. The fraction of sp³-hybridized carbons (Fsp3) is 0.0833. The minimum Gasteiger partial charge on any atom is -0.476 e. The maximum absolute atomic E-state index is 11.9. The summed E-state index contributed by atoms with van der Waals surface area (Å²) < 4.78 is 0. The Morgan fingerprint density at radius 3 is 2.75 bits per heavy atom. The molecule has 1 aromatic heterocycles. The van der Waals surface area contributed by atoms with Crippen LogP contribution in [-0.2, 0) is 6.54 Å². The van der Waals surface area contributed by atoms with Crippen LogP contribution < -0.4 is 5.32 Å². The number of carbonyl (C=O) groups excluding carboxylic acids is 1. The number of amides is 1. The highest BCUT2D eigenvalue weighted by atomic mass is 35.5. The van der Waals surface area contributed by atoms with E-state index in [0.29, 0.717) is 10.0 Å². The van der Waals surface area contributed by atoms with E-state index >= 15 is 0 Å². The minimum absolute atomic E-state index is 0.0416. The van der Waals surface area contributed by atoms with Crippen LogP contribution in [-0.4, -0.2) is 22.0 Å². The first-order valence-corrected chi connectivity index (χ1v) is 7.02. The zero-order chi connectivity index (χ0) is 14.7. The van der Waals surface area contributed by atoms with E-state index in [1.807, 2.05) is 0 Å². The van der Waals surface area contributed by atoms with Gasteiger partial charge in [0.1, 0.15) is 5.01 Å². The van der Waals surface area contributed by atoms with Crippen LogP contribution >= 0.6 is 34.5 Å². The number of hydrogen-bond donors (Lipinski definition) is 2. The number of nitrogens with zero attached hydrogens (tertiary/aromatic N) is 1. The average Bonchev–Trinajstić information content (AvgIpc) is 2.88. The van der Waals surface area contributed by atoms with Gasteiger partial charge >= 0.3 is 5.97 Å². The summed E-state index contributed by atoms with van der Waals surface area (Å²) in [5, 5.41) is 14.0. The zero-order valence-electron chi connectivity index (χ0n) is 9.89. The fourth-order valence-electron chi connectivity index (χ4n) is 1.41. The van der Waals surface area contributed by atoms with E-state index in [-0.39, 0.29) is 22.8 Å².